The Balaban J connectivity index is 1.30. The summed E-state index contributed by atoms with van der Waals surface area (Å²) in [6, 6.07) is 14.4. The number of fused-ring (bicyclic) bond motifs is 2. The molecule has 4 heteroatoms. The molecule has 4 nitrogen and oxygen atoms in total. The van der Waals surface area contributed by atoms with Crippen LogP contribution in [-0.2, 0) is 19.3 Å². The molecule has 1 aliphatic heterocycles. The number of ether oxygens (including phenoxy) is 1. The predicted molar refractivity (Wildman–Crippen MR) is 99.5 cm³/mol. The molecule has 1 heterocycles. The Morgan fingerprint density at radius 1 is 1.00 bits per heavy atom. The molecular formula is C21H24N2O2. The number of nitrogens with one attached hydrogen (secondary N) is 1. The number of urea groups is 1. The minimum atomic E-state index is -0.0383. The molecular weight excluding hydrogens is 312 g/mol. The van der Waals surface area contributed by atoms with Gasteiger partial charge in [-0.15, -0.1) is 0 Å². The minimum Gasteiger partial charge on any atom is -0.491 e. The SMILES string of the molecule is O=C(NCCOc1cccc2c1CCCC2)N1CCc2ccccc21. The largest absolute Gasteiger partial charge is 0.491 e. The van der Waals surface area contributed by atoms with E-state index in [2.05, 4.69) is 23.5 Å². The Morgan fingerprint density at radius 3 is 2.80 bits per heavy atom. The van der Waals surface area contributed by atoms with Crippen molar-refractivity contribution < 1.29 is 9.53 Å². The van der Waals surface area contributed by atoms with Crippen molar-refractivity contribution in [3.05, 3.63) is 59.2 Å². The molecule has 0 radical (unpaired) electrons. The van der Waals surface area contributed by atoms with Crippen LogP contribution < -0.4 is 15.0 Å². The monoisotopic (exact) mass is 336 g/mol. The number of aryl methyl sites for hydroxylation is 1. The zero-order valence-electron chi connectivity index (χ0n) is 14.5. The molecule has 2 aliphatic rings. The van der Waals surface area contributed by atoms with Gasteiger partial charge < -0.3 is 10.1 Å². The van der Waals surface area contributed by atoms with Crippen molar-refractivity contribution in [2.24, 2.45) is 0 Å². The third-order valence-electron chi connectivity index (χ3n) is 5.12. The van der Waals surface area contributed by atoms with E-state index in [4.69, 9.17) is 4.74 Å². The number of rotatable bonds is 4. The molecule has 0 aromatic heterocycles. The van der Waals surface area contributed by atoms with Crippen LogP contribution in [0, 0.1) is 0 Å². The molecule has 1 aliphatic carbocycles. The molecule has 0 spiro atoms. The number of benzene rings is 2. The highest BCUT2D eigenvalue weighted by atomic mass is 16.5. The lowest BCUT2D eigenvalue weighted by Gasteiger charge is -2.20. The van der Waals surface area contributed by atoms with Crippen LogP contribution in [0.4, 0.5) is 10.5 Å². The van der Waals surface area contributed by atoms with Crippen LogP contribution >= 0.6 is 0 Å². The van der Waals surface area contributed by atoms with E-state index in [0.29, 0.717) is 13.2 Å². The highest BCUT2D eigenvalue weighted by Crippen LogP contribution is 2.29. The van der Waals surface area contributed by atoms with E-state index in [9.17, 15) is 4.79 Å². The fourth-order valence-electron chi connectivity index (χ4n) is 3.85. The smallest absolute Gasteiger partial charge is 0.322 e. The van der Waals surface area contributed by atoms with Gasteiger partial charge in [0.2, 0.25) is 0 Å². The Hall–Kier alpha value is -2.49. The van der Waals surface area contributed by atoms with Gasteiger partial charge >= 0.3 is 6.03 Å². The van der Waals surface area contributed by atoms with Gasteiger partial charge in [0.25, 0.3) is 0 Å². The highest BCUT2D eigenvalue weighted by molar-refractivity contribution is 5.94. The molecule has 130 valence electrons. The Labute approximate surface area is 148 Å². The number of hydrogen-bond donors (Lipinski definition) is 1. The van der Waals surface area contributed by atoms with Gasteiger partial charge in [0.1, 0.15) is 12.4 Å². The van der Waals surface area contributed by atoms with Crippen LogP contribution in [0.15, 0.2) is 42.5 Å². The first kappa shape index (κ1) is 16.0. The van der Waals surface area contributed by atoms with Gasteiger partial charge in [0, 0.05) is 12.2 Å². The molecule has 4 rings (SSSR count). The van der Waals surface area contributed by atoms with Crippen LogP contribution in [0.2, 0.25) is 0 Å². The van der Waals surface area contributed by atoms with Crippen molar-refractivity contribution >= 4 is 11.7 Å². The second kappa shape index (κ2) is 7.18. The van der Waals surface area contributed by atoms with E-state index in [0.717, 1.165) is 37.2 Å². The van der Waals surface area contributed by atoms with Gasteiger partial charge in [-0.2, -0.15) is 0 Å². The number of carbonyl (C=O) groups excluding carboxylic acids is 1. The summed E-state index contributed by atoms with van der Waals surface area (Å²) in [6.07, 6.45) is 5.68. The molecule has 0 unspecified atom stereocenters. The van der Waals surface area contributed by atoms with Crippen molar-refractivity contribution in [3.63, 3.8) is 0 Å². The molecule has 2 aromatic rings. The lowest BCUT2D eigenvalue weighted by molar-refractivity contribution is 0.242. The van der Waals surface area contributed by atoms with Crippen molar-refractivity contribution in [3.8, 4) is 5.75 Å². The normalized spacial score (nSPS) is 15.4. The Morgan fingerprint density at radius 2 is 1.84 bits per heavy atom. The summed E-state index contributed by atoms with van der Waals surface area (Å²) in [7, 11) is 0. The van der Waals surface area contributed by atoms with E-state index < -0.39 is 0 Å². The fraction of sp³-hybridized carbons (Fsp3) is 0.381. The van der Waals surface area contributed by atoms with Gasteiger partial charge in [-0.25, -0.2) is 4.79 Å². The maximum atomic E-state index is 12.4. The van der Waals surface area contributed by atoms with Crippen molar-refractivity contribution in [2.45, 2.75) is 32.1 Å². The standard InChI is InChI=1S/C21H24N2O2/c24-21(23-14-12-17-7-2-4-10-19(17)23)22-13-15-25-20-11-5-8-16-6-1-3-9-18(16)20/h2,4-5,7-8,10-11H,1,3,6,9,12-15H2,(H,22,24). The van der Waals surface area contributed by atoms with Gasteiger partial charge in [-0.05, 0) is 60.9 Å². The summed E-state index contributed by atoms with van der Waals surface area (Å²) >= 11 is 0. The average Bonchev–Trinajstić information content (AvgIpc) is 3.09. The molecule has 25 heavy (non-hydrogen) atoms. The molecule has 2 aromatic carbocycles. The second-order valence-corrected chi connectivity index (χ2v) is 6.71. The Bertz CT molecular complexity index is 772. The second-order valence-electron chi connectivity index (χ2n) is 6.71. The van der Waals surface area contributed by atoms with Gasteiger partial charge in [0.05, 0.1) is 6.54 Å². The topological polar surface area (TPSA) is 41.6 Å². The maximum absolute atomic E-state index is 12.4. The van der Waals surface area contributed by atoms with Crippen LogP contribution in [-0.4, -0.2) is 25.7 Å². The summed E-state index contributed by atoms with van der Waals surface area (Å²) in [5, 5.41) is 2.98. The zero-order chi connectivity index (χ0) is 17.1. The molecule has 0 saturated heterocycles. The van der Waals surface area contributed by atoms with E-state index in [1.165, 1.54) is 29.5 Å². The summed E-state index contributed by atoms with van der Waals surface area (Å²) in [6.45, 7) is 1.76. The van der Waals surface area contributed by atoms with Crippen LogP contribution in [0.3, 0.4) is 0 Å². The third-order valence-corrected chi connectivity index (χ3v) is 5.12. The minimum absolute atomic E-state index is 0.0383. The highest BCUT2D eigenvalue weighted by Gasteiger charge is 2.23. The summed E-state index contributed by atoms with van der Waals surface area (Å²) in [5.41, 5.74) is 5.04. The van der Waals surface area contributed by atoms with E-state index in [1.54, 1.807) is 0 Å². The predicted octanol–water partition coefficient (Wildman–Crippen LogP) is 3.72. The molecule has 2 amide bonds. The summed E-state index contributed by atoms with van der Waals surface area (Å²) in [5.74, 6) is 0.984. The average molecular weight is 336 g/mol. The number of para-hydroxylation sites is 1. The van der Waals surface area contributed by atoms with Crippen LogP contribution in [0.1, 0.15) is 29.5 Å². The molecule has 0 saturated carbocycles. The van der Waals surface area contributed by atoms with Crippen molar-refractivity contribution in [1.29, 1.82) is 0 Å². The first-order chi connectivity index (χ1) is 12.3. The zero-order valence-corrected chi connectivity index (χ0v) is 14.5. The molecule has 0 atom stereocenters. The third kappa shape index (κ3) is 3.34. The van der Waals surface area contributed by atoms with Crippen molar-refractivity contribution in [2.75, 3.05) is 24.6 Å². The molecule has 0 bridgehead atoms. The first-order valence-electron chi connectivity index (χ1n) is 9.20. The van der Waals surface area contributed by atoms with Gasteiger partial charge in [0.15, 0.2) is 0 Å². The summed E-state index contributed by atoms with van der Waals surface area (Å²) in [4.78, 5) is 14.2. The number of amides is 2. The summed E-state index contributed by atoms with van der Waals surface area (Å²) < 4.78 is 5.95. The van der Waals surface area contributed by atoms with E-state index >= 15 is 0 Å². The number of hydrogen-bond acceptors (Lipinski definition) is 2. The first-order valence-corrected chi connectivity index (χ1v) is 9.20. The maximum Gasteiger partial charge on any atom is 0.322 e. The molecule has 0 fully saturated rings. The molecule has 1 N–H and O–H groups in total. The Kier molecular flexibility index (Phi) is 4.59. The van der Waals surface area contributed by atoms with Gasteiger partial charge in [-0.3, -0.25) is 4.90 Å². The lowest BCUT2D eigenvalue weighted by Crippen LogP contribution is -2.40. The lowest BCUT2D eigenvalue weighted by atomic mass is 9.91. The number of nitrogens with zero attached hydrogens (tertiary/aromatic N) is 1. The quantitative estimate of drug-likeness (QED) is 0.865. The fourth-order valence-corrected chi connectivity index (χ4v) is 3.85. The van der Waals surface area contributed by atoms with E-state index in [1.807, 2.05) is 29.2 Å². The van der Waals surface area contributed by atoms with Crippen LogP contribution in [0.5, 0.6) is 5.75 Å². The van der Waals surface area contributed by atoms with Crippen LogP contribution in [0.25, 0.3) is 0 Å². The number of anilines is 1. The number of carbonyl (C=O) groups is 1. The van der Waals surface area contributed by atoms with E-state index in [-0.39, 0.29) is 6.03 Å². The van der Waals surface area contributed by atoms with Crippen molar-refractivity contribution in [1.82, 2.24) is 5.32 Å². The van der Waals surface area contributed by atoms with Gasteiger partial charge in [-0.1, -0.05) is 30.3 Å².